The molecule has 0 radical (unpaired) electrons. The molecule has 0 bridgehead atoms. The van der Waals surface area contributed by atoms with E-state index < -0.39 is 18.1 Å². The first-order valence-corrected chi connectivity index (χ1v) is 4.12. The molecule has 0 rings (SSSR count). The Hall–Kier alpha value is -0.160. The van der Waals surface area contributed by atoms with Crippen molar-refractivity contribution in [2.24, 2.45) is 11.8 Å². The fourth-order valence-electron chi connectivity index (χ4n) is 1.02. The molecule has 0 fully saturated rings. The second kappa shape index (κ2) is 5.48. The summed E-state index contributed by atoms with van der Waals surface area (Å²) in [4.78, 5) is 0. The predicted octanol–water partition coefficient (Wildman–Crippen LogP) is -1.04. The van der Waals surface area contributed by atoms with Crippen LogP contribution in [0.3, 0.4) is 0 Å². The zero-order chi connectivity index (χ0) is 9.72. The Morgan fingerprint density at radius 3 is 1.83 bits per heavy atom. The minimum atomic E-state index is -0.922. The summed E-state index contributed by atoms with van der Waals surface area (Å²) in [5, 5.41) is 35.9. The van der Waals surface area contributed by atoms with E-state index in [1.807, 2.05) is 0 Å². The van der Waals surface area contributed by atoms with Gasteiger partial charge in [0.05, 0.1) is 18.8 Å². The van der Waals surface area contributed by atoms with E-state index in [4.69, 9.17) is 15.3 Å². The summed E-state index contributed by atoms with van der Waals surface area (Å²) in [7, 11) is 0. The summed E-state index contributed by atoms with van der Waals surface area (Å²) in [6.45, 7) is 2.84. The van der Waals surface area contributed by atoms with E-state index in [-0.39, 0.29) is 19.1 Å². The second-order valence-corrected chi connectivity index (χ2v) is 3.26. The average Bonchev–Trinajstić information content (AvgIpc) is 2.12. The largest absolute Gasteiger partial charge is 0.396 e. The molecule has 0 aliphatic rings. The first kappa shape index (κ1) is 11.8. The van der Waals surface area contributed by atoms with Crippen LogP contribution in [0.5, 0.6) is 0 Å². The van der Waals surface area contributed by atoms with Gasteiger partial charge in [0.1, 0.15) is 0 Å². The zero-order valence-electron chi connectivity index (χ0n) is 7.51. The number of hydrogen-bond acceptors (Lipinski definition) is 4. The smallest absolute Gasteiger partial charge is 0.0821 e. The molecule has 0 spiro atoms. The summed E-state index contributed by atoms with van der Waals surface area (Å²) >= 11 is 0. The maximum Gasteiger partial charge on any atom is 0.0821 e. The molecule has 0 heterocycles. The number of aliphatic hydroxyl groups is 4. The van der Waals surface area contributed by atoms with E-state index >= 15 is 0 Å². The number of hydrogen-bond donors (Lipinski definition) is 4. The summed E-state index contributed by atoms with van der Waals surface area (Å²) in [6.07, 6.45) is -1.70. The van der Waals surface area contributed by atoms with Gasteiger partial charge in [0.25, 0.3) is 0 Å². The molecular weight excluding hydrogens is 160 g/mol. The molecule has 74 valence electrons. The molecule has 0 amide bonds. The number of rotatable bonds is 5. The Morgan fingerprint density at radius 2 is 1.50 bits per heavy atom. The Bertz CT molecular complexity index is 104. The van der Waals surface area contributed by atoms with E-state index in [9.17, 15) is 5.11 Å². The van der Waals surface area contributed by atoms with E-state index in [2.05, 4.69) is 0 Å². The monoisotopic (exact) mass is 178 g/mol. The van der Waals surface area contributed by atoms with E-state index in [1.54, 1.807) is 13.8 Å². The minimum Gasteiger partial charge on any atom is -0.396 e. The molecule has 4 N–H and O–H groups in total. The summed E-state index contributed by atoms with van der Waals surface area (Å²) in [5.74, 6) is -0.696. The highest BCUT2D eigenvalue weighted by atomic mass is 16.3. The highest BCUT2D eigenvalue weighted by Crippen LogP contribution is 2.15. The lowest BCUT2D eigenvalue weighted by Gasteiger charge is -2.26. The van der Waals surface area contributed by atoms with Crippen molar-refractivity contribution in [3.8, 4) is 0 Å². The highest BCUT2D eigenvalue weighted by molar-refractivity contribution is 4.75. The van der Waals surface area contributed by atoms with Gasteiger partial charge in [-0.05, 0) is 0 Å². The normalized spacial score (nSPS) is 21.5. The third kappa shape index (κ3) is 3.06. The van der Waals surface area contributed by atoms with Crippen molar-refractivity contribution in [1.29, 1.82) is 0 Å². The minimum absolute atomic E-state index is 0.121. The van der Waals surface area contributed by atoms with Gasteiger partial charge in [-0.3, -0.25) is 0 Å². The van der Waals surface area contributed by atoms with Crippen LogP contribution >= 0.6 is 0 Å². The maximum absolute atomic E-state index is 9.46. The SMILES string of the molecule is CC(CO)C(O)C(C)C(O)CO. The fraction of sp³-hybridized carbons (Fsp3) is 1.00. The lowest BCUT2D eigenvalue weighted by Crippen LogP contribution is -2.37. The van der Waals surface area contributed by atoms with Gasteiger partial charge in [0.2, 0.25) is 0 Å². The van der Waals surface area contributed by atoms with Crippen molar-refractivity contribution in [3.05, 3.63) is 0 Å². The zero-order valence-corrected chi connectivity index (χ0v) is 7.51. The Balaban J connectivity index is 3.99. The summed E-state index contributed by atoms with van der Waals surface area (Å²) < 4.78 is 0. The molecule has 0 aromatic heterocycles. The molecule has 4 atom stereocenters. The van der Waals surface area contributed by atoms with Crippen LogP contribution in [0.15, 0.2) is 0 Å². The summed E-state index contributed by atoms with van der Waals surface area (Å²) in [5.41, 5.74) is 0. The van der Waals surface area contributed by atoms with Crippen LogP contribution in [-0.2, 0) is 0 Å². The van der Waals surface area contributed by atoms with Gasteiger partial charge in [-0.1, -0.05) is 13.8 Å². The van der Waals surface area contributed by atoms with Gasteiger partial charge in [0, 0.05) is 18.4 Å². The van der Waals surface area contributed by atoms with Crippen molar-refractivity contribution in [1.82, 2.24) is 0 Å². The molecule has 0 aromatic carbocycles. The average molecular weight is 178 g/mol. The molecule has 0 aromatic rings. The number of aliphatic hydroxyl groups excluding tert-OH is 4. The maximum atomic E-state index is 9.46. The molecule has 0 aliphatic heterocycles. The van der Waals surface area contributed by atoms with Gasteiger partial charge in [-0.2, -0.15) is 0 Å². The van der Waals surface area contributed by atoms with Crippen LogP contribution in [-0.4, -0.2) is 45.8 Å². The molecule has 0 saturated heterocycles. The van der Waals surface area contributed by atoms with E-state index in [0.717, 1.165) is 0 Å². The topological polar surface area (TPSA) is 80.9 Å². The van der Waals surface area contributed by atoms with Crippen molar-refractivity contribution < 1.29 is 20.4 Å². The molecule has 4 heteroatoms. The Morgan fingerprint density at radius 1 is 1.00 bits per heavy atom. The molecule has 0 saturated carbocycles. The molecule has 0 aliphatic carbocycles. The molecule has 4 nitrogen and oxygen atoms in total. The van der Waals surface area contributed by atoms with Crippen molar-refractivity contribution in [2.75, 3.05) is 13.2 Å². The van der Waals surface area contributed by atoms with Crippen LogP contribution < -0.4 is 0 Å². The fourth-order valence-corrected chi connectivity index (χ4v) is 1.02. The van der Waals surface area contributed by atoms with E-state index in [0.29, 0.717) is 0 Å². The Labute approximate surface area is 72.5 Å². The predicted molar refractivity (Wildman–Crippen MR) is 44.5 cm³/mol. The second-order valence-electron chi connectivity index (χ2n) is 3.26. The van der Waals surface area contributed by atoms with Crippen molar-refractivity contribution in [3.63, 3.8) is 0 Å². The highest BCUT2D eigenvalue weighted by Gasteiger charge is 2.25. The quantitative estimate of drug-likeness (QED) is 0.434. The van der Waals surface area contributed by atoms with Crippen LogP contribution in [0.25, 0.3) is 0 Å². The van der Waals surface area contributed by atoms with Crippen molar-refractivity contribution >= 4 is 0 Å². The van der Waals surface area contributed by atoms with Gasteiger partial charge >= 0.3 is 0 Å². The van der Waals surface area contributed by atoms with Gasteiger partial charge in [-0.15, -0.1) is 0 Å². The van der Waals surface area contributed by atoms with Gasteiger partial charge in [0.15, 0.2) is 0 Å². The van der Waals surface area contributed by atoms with Crippen LogP contribution in [0.2, 0.25) is 0 Å². The third-order valence-electron chi connectivity index (χ3n) is 2.20. The Kier molecular flexibility index (Phi) is 5.41. The first-order chi connectivity index (χ1) is 5.54. The lowest BCUT2D eigenvalue weighted by atomic mass is 9.90. The van der Waals surface area contributed by atoms with Crippen LogP contribution in [0.1, 0.15) is 13.8 Å². The summed E-state index contributed by atoms with van der Waals surface area (Å²) in [6, 6.07) is 0. The first-order valence-electron chi connectivity index (χ1n) is 4.12. The lowest BCUT2D eigenvalue weighted by molar-refractivity contribution is -0.0378. The van der Waals surface area contributed by atoms with Crippen LogP contribution in [0.4, 0.5) is 0 Å². The van der Waals surface area contributed by atoms with Crippen molar-refractivity contribution in [2.45, 2.75) is 26.1 Å². The molecule has 4 unspecified atom stereocenters. The standard InChI is InChI=1S/C8H18O4/c1-5(3-9)8(12)6(2)7(11)4-10/h5-12H,3-4H2,1-2H3. The molecule has 12 heavy (non-hydrogen) atoms. The van der Waals surface area contributed by atoms with Crippen LogP contribution in [0, 0.1) is 11.8 Å². The van der Waals surface area contributed by atoms with Gasteiger partial charge < -0.3 is 20.4 Å². The third-order valence-corrected chi connectivity index (χ3v) is 2.20. The van der Waals surface area contributed by atoms with Gasteiger partial charge in [-0.25, -0.2) is 0 Å². The van der Waals surface area contributed by atoms with E-state index in [1.165, 1.54) is 0 Å². The molecular formula is C8H18O4.